The Balaban J connectivity index is 1.83. The fraction of sp³-hybridized carbons (Fsp3) is 0.222. The van der Waals surface area contributed by atoms with E-state index in [9.17, 15) is 9.59 Å². The second-order valence-corrected chi connectivity index (χ2v) is 5.07. The van der Waals surface area contributed by atoms with Gasteiger partial charge in [0, 0.05) is 0 Å². The zero-order valence-corrected chi connectivity index (χ0v) is 13.2. The Bertz CT molecular complexity index is 697. The molecule has 23 heavy (non-hydrogen) atoms. The van der Waals surface area contributed by atoms with Crippen LogP contribution in [0.4, 0.5) is 0 Å². The lowest BCUT2D eigenvalue weighted by Crippen LogP contribution is -2.32. The summed E-state index contributed by atoms with van der Waals surface area (Å²) in [6.45, 7) is 1.77. The van der Waals surface area contributed by atoms with Gasteiger partial charge in [-0.25, -0.2) is 4.79 Å². The number of nitrogens with one attached hydrogen (secondary N) is 1. The molecule has 0 fully saturated rings. The Labute approximate surface area is 135 Å². The first-order chi connectivity index (χ1) is 11.1. The van der Waals surface area contributed by atoms with Gasteiger partial charge in [-0.1, -0.05) is 42.0 Å². The zero-order chi connectivity index (χ0) is 16.7. The molecule has 0 aliphatic rings. The van der Waals surface area contributed by atoms with Crippen LogP contribution in [0, 0.1) is 6.92 Å². The maximum absolute atomic E-state index is 11.9. The number of para-hydroxylation sites is 2. The van der Waals surface area contributed by atoms with Gasteiger partial charge in [0.25, 0.3) is 0 Å². The molecule has 1 N–H and O–H groups in total. The highest BCUT2D eigenvalue weighted by atomic mass is 16.6. The highest BCUT2D eigenvalue weighted by Crippen LogP contribution is 2.25. The number of rotatable bonds is 6. The summed E-state index contributed by atoms with van der Waals surface area (Å²) in [6, 6.07) is 14.5. The standard InChI is InChI=1S/C18H19NO4/c1-13-6-5-7-14(10-13)11-17(20)19-12-18(21)23-16-9-4-3-8-15(16)22-2/h3-10H,11-12H2,1-2H3,(H,19,20). The van der Waals surface area contributed by atoms with Crippen molar-refractivity contribution in [2.24, 2.45) is 0 Å². The van der Waals surface area contributed by atoms with Crippen molar-refractivity contribution in [2.75, 3.05) is 13.7 Å². The topological polar surface area (TPSA) is 64.6 Å². The van der Waals surface area contributed by atoms with Crippen LogP contribution in [0.3, 0.4) is 0 Å². The van der Waals surface area contributed by atoms with Crippen molar-refractivity contribution in [3.8, 4) is 11.5 Å². The van der Waals surface area contributed by atoms with Gasteiger partial charge in [-0.15, -0.1) is 0 Å². The van der Waals surface area contributed by atoms with Crippen molar-refractivity contribution in [1.29, 1.82) is 0 Å². The number of hydrogen-bond acceptors (Lipinski definition) is 4. The number of ether oxygens (including phenoxy) is 2. The smallest absolute Gasteiger partial charge is 0.330 e. The lowest BCUT2D eigenvalue weighted by molar-refractivity contribution is -0.135. The molecule has 0 heterocycles. The van der Waals surface area contributed by atoms with Crippen molar-refractivity contribution < 1.29 is 19.1 Å². The largest absolute Gasteiger partial charge is 0.493 e. The molecule has 2 aromatic carbocycles. The van der Waals surface area contributed by atoms with Gasteiger partial charge in [-0.3, -0.25) is 4.79 Å². The molecule has 0 aromatic heterocycles. The van der Waals surface area contributed by atoms with E-state index in [4.69, 9.17) is 9.47 Å². The number of amides is 1. The fourth-order valence-corrected chi connectivity index (χ4v) is 2.10. The number of aryl methyl sites for hydroxylation is 1. The quantitative estimate of drug-likeness (QED) is 0.656. The van der Waals surface area contributed by atoms with Crippen LogP contribution in [0.25, 0.3) is 0 Å². The van der Waals surface area contributed by atoms with Crippen LogP contribution in [0.5, 0.6) is 11.5 Å². The average molecular weight is 313 g/mol. The number of methoxy groups -OCH3 is 1. The van der Waals surface area contributed by atoms with Gasteiger partial charge in [-0.2, -0.15) is 0 Å². The number of benzene rings is 2. The predicted octanol–water partition coefficient (Wildman–Crippen LogP) is 2.27. The normalized spacial score (nSPS) is 10.0. The molecule has 2 aromatic rings. The molecule has 0 aliphatic heterocycles. The van der Waals surface area contributed by atoms with Crippen LogP contribution in [-0.4, -0.2) is 25.5 Å². The van der Waals surface area contributed by atoms with Crippen LogP contribution in [0.1, 0.15) is 11.1 Å². The molecule has 0 radical (unpaired) electrons. The van der Waals surface area contributed by atoms with E-state index >= 15 is 0 Å². The molecule has 0 aliphatic carbocycles. The van der Waals surface area contributed by atoms with Crippen LogP contribution in [-0.2, 0) is 16.0 Å². The van der Waals surface area contributed by atoms with Gasteiger partial charge in [-0.05, 0) is 24.6 Å². The molecular formula is C18H19NO4. The Kier molecular flexibility index (Phi) is 5.74. The summed E-state index contributed by atoms with van der Waals surface area (Å²) in [5.41, 5.74) is 1.99. The average Bonchev–Trinajstić information content (AvgIpc) is 2.53. The molecule has 2 rings (SSSR count). The van der Waals surface area contributed by atoms with Gasteiger partial charge in [0.1, 0.15) is 6.54 Å². The number of carbonyl (C=O) groups excluding carboxylic acids is 2. The summed E-state index contributed by atoms with van der Waals surface area (Å²) in [4.78, 5) is 23.7. The molecule has 0 atom stereocenters. The van der Waals surface area contributed by atoms with Crippen LogP contribution in [0.15, 0.2) is 48.5 Å². The second kappa shape index (κ2) is 7.98. The fourth-order valence-electron chi connectivity index (χ4n) is 2.10. The van der Waals surface area contributed by atoms with Gasteiger partial charge >= 0.3 is 5.97 Å². The zero-order valence-electron chi connectivity index (χ0n) is 13.2. The minimum atomic E-state index is -0.549. The molecule has 0 saturated carbocycles. The first-order valence-corrected chi connectivity index (χ1v) is 7.24. The first-order valence-electron chi connectivity index (χ1n) is 7.24. The minimum absolute atomic E-state index is 0.192. The van der Waals surface area contributed by atoms with E-state index in [1.807, 2.05) is 31.2 Å². The number of esters is 1. The van der Waals surface area contributed by atoms with Crippen molar-refractivity contribution in [3.05, 3.63) is 59.7 Å². The highest BCUT2D eigenvalue weighted by Gasteiger charge is 2.11. The second-order valence-electron chi connectivity index (χ2n) is 5.07. The maximum atomic E-state index is 11.9. The van der Waals surface area contributed by atoms with Crippen LogP contribution >= 0.6 is 0 Å². The van der Waals surface area contributed by atoms with Crippen molar-refractivity contribution in [2.45, 2.75) is 13.3 Å². The van der Waals surface area contributed by atoms with E-state index in [1.165, 1.54) is 7.11 Å². The third kappa shape index (κ3) is 5.14. The third-order valence-electron chi connectivity index (χ3n) is 3.17. The Morgan fingerprint density at radius 2 is 1.78 bits per heavy atom. The van der Waals surface area contributed by atoms with Gasteiger partial charge in [0.15, 0.2) is 11.5 Å². The summed E-state index contributed by atoms with van der Waals surface area (Å²) in [5, 5.41) is 2.55. The molecule has 0 bridgehead atoms. The van der Waals surface area contributed by atoms with Gasteiger partial charge < -0.3 is 14.8 Å². The molecule has 1 amide bonds. The Morgan fingerprint density at radius 1 is 1.04 bits per heavy atom. The lowest BCUT2D eigenvalue weighted by atomic mass is 10.1. The molecule has 5 heteroatoms. The highest BCUT2D eigenvalue weighted by molar-refractivity contribution is 5.84. The molecule has 120 valence electrons. The Hall–Kier alpha value is -2.82. The summed E-state index contributed by atoms with van der Waals surface area (Å²) in [5.74, 6) is 0.0135. The molecule has 0 spiro atoms. The van der Waals surface area contributed by atoms with Gasteiger partial charge in [0.2, 0.25) is 5.91 Å². The van der Waals surface area contributed by atoms with Gasteiger partial charge in [0.05, 0.1) is 13.5 Å². The summed E-state index contributed by atoms with van der Waals surface area (Å²) >= 11 is 0. The molecule has 5 nitrogen and oxygen atoms in total. The summed E-state index contributed by atoms with van der Waals surface area (Å²) < 4.78 is 10.3. The SMILES string of the molecule is COc1ccccc1OC(=O)CNC(=O)Cc1cccc(C)c1. The van der Waals surface area contributed by atoms with Crippen LogP contribution in [0.2, 0.25) is 0 Å². The maximum Gasteiger partial charge on any atom is 0.330 e. The lowest BCUT2D eigenvalue weighted by Gasteiger charge is -2.09. The van der Waals surface area contributed by atoms with E-state index in [2.05, 4.69) is 5.32 Å². The molecule has 0 unspecified atom stereocenters. The van der Waals surface area contributed by atoms with Crippen molar-refractivity contribution in [1.82, 2.24) is 5.32 Å². The summed E-state index contributed by atoms with van der Waals surface area (Å²) in [7, 11) is 1.50. The minimum Gasteiger partial charge on any atom is -0.493 e. The third-order valence-corrected chi connectivity index (χ3v) is 3.17. The van der Waals surface area contributed by atoms with E-state index in [0.29, 0.717) is 11.5 Å². The number of hydrogen-bond donors (Lipinski definition) is 1. The Morgan fingerprint density at radius 3 is 2.48 bits per heavy atom. The van der Waals surface area contributed by atoms with Crippen LogP contribution < -0.4 is 14.8 Å². The molecular weight excluding hydrogens is 294 g/mol. The van der Waals surface area contributed by atoms with E-state index in [1.54, 1.807) is 24.3 Å². The predicted molar refractivity (Wildman–Crippen MR) is 86.5 cm³/mol. The van der Waals surface area contributed by atoms with Crippen molar-refractivity contribution >= 4 is 11.9 Å². The van der Waals surface area contributed by atoms with Crippen molar-refractivity contribution in [3.63, 3.8) is 0 Å². The van der Waals surface area contributed by atoms with E-state index < -0.39 is 5.97 Å². The van der Waals surface area contributed by atoms with E-state index in [0.717, 1.165) is 11.1 Å². The number of carbonyl (C=O) groups is 2. The first kappa shape index (κ1) is 16.5. The van der Waals surface area contributed by atoms with E-state index in [-0.39, 0.29) is 18.9 Å². The summed E-state index contributed by atoms with van der Waals surface area (Å²) in [6.07, 6.45) is 0.226. The molecule has 0 saturated heterocycles. The monoisotopic (exact) mass is 313 g/mol.